The number of carbonyl (C=O) groups is 2. The molecule has 9 heteroatoms. The molecule has 1 amide bonds. The smallest absolute Gasteiger partial charge is 0.362 e. The number of nitro benzene ring substituents is 1. The van der Waals surface area contributed by atoms with Crippen molar-refractivity contribution in [3.05, 3.63) is 28.3 Å². The number of halogens is 1. The van der Waals surface area contributed by atoms with Crippen LogP contribution in [0.25, 0.3) is 0 Å². The monoisotopic (exact) mass is 298 g/mol. The van der Waals surface area contributed by atoms with E-state index in [1.165, 1.54) is 13.0 Å². The molecule has 0 N–H and O–H groups in total. The van der Waals surface area contributed by atoms with Gasteiger partial charge in [-0.05, 0) is 13.0 Å². The quantitative estimate of drug-likeness (QED) is 0.358. The molecule has 8 nitrogen and oxygen atoms in total. The highest BCUT2D eigenvalue weighted by Gasteiger charge is 2.37. The molecule has 0 aromatic heterocycles. The molecule has 0 fully saturated rings. The summed E-state index contributed by atoms with van der Waals surface area (Å²) in [6, 6.07) is 3.37. The Kier molecular flexibility index (Phi) is 4.01. The summed E-state index contributed by atoms with van der Waals surface area (Å²) in [5.41, 5.74) is -0.533. The maximum Gasteiger partial charge on any atom is 0.362 e. The van der Waals surface area contributed by atoms with Crippen molar-refractivity contribution in [3.8, 4) is 5.75 Å². The standard InChI is InChI=1S/C12H11FN2O6/c1-2-20-12(17)11(13)14-8-5-7(15(18)19)3-4-9(8)21-6-10(14)16/h3-5,11H,2,6H2,1H3. The van der Waals surface area contributed by atoms with Crippen molar-refractivity contribution in [1.29, 1.82) is 0 Å². The lowest BCUT2D eigenvalue weighted by Gasteiger charge is -2.30. The zero-order valence-electron chi connectivity index (χ0n) is 10.9. The Balaban J connectivity index is 2.43. The summed E-state index contributed by atoms with van der Waals surface area (Å²) in [5.74, 6) is -2.00. The second-order valence-corrected chi connectivity index (χ2v) is 4.05. The fraction of sp³-hybridized carbons (Fsp3) is 0.333. The highest BCUT2D eigenvalue weighted by molar-refractivity contribution is 6.02. The molecule has 0 radical (unpaired) electrons. The van der Waals surface area contributed by atoms with E-state index in [1.54, 1.807) is 0 Å². The third-order valence-electron chi connectivity index (χ3n) is 2.74. The topological polar surface area (TPSA) is 99.0 Å². The van der Waals surface area contributed by atoms with Gasteiger partial charge in [-0.25, -0.2) is 9.18 Å². The van der Waals surface area contributed by atoms with Crippen LogP contribution in [0.4, 0.5) is 15.8 Å². The fourth-order valence-corrected chi connectivity index (χ4v) is 1.84. The van der Waals surface area contributed by atoms with E-state index in [1.807, 2.05) is 0 Å². The van der Waals surface area contributed by atoms with Crippen LogP contribution in [0, 0.1) is 10.1 Å². The van der Waals surface area contributed by atoms with Crippen molar-refractivity contribution >= 4 is 23.3 Å². The number of alkyl halides is 1. The summed E-state index contributed by atoms with van der Waals surface area (Å²) in [5, 5.41) is 10.8. The zero-order valence-corrected chi connectivity index (χ0v) is 10.9. The first-order chi connectivity index (χ1) is 9.95. The maximum absolute atomic E-state index is 14.1. The number of esters is 1. The van der Waals surface area contributed by atoms with Gasteiger partial charge >= 0.3 is 5.97 Å². The Bertz CT molecular complexity index is 605. The van der Waals surface area contributed by atoms with Crippen LogP contribution in [0.3, 0.4) is 0 Å². The van der Waals surface area contributed by atoms with Crippen LogP contribution in [0.15, 0.2) is 18.2 Å². The number of nitrogens with zero attached hydrogens (tertiary/aromatic N) is 2. The number of rotatable bonds is 4. The maximum atomic E-state index is 14.1. The molecular weight excluding hydrogens is 287 g/mol. The number of hydrogen-bond donors (Lipinski definition) is 0. The van der Waals surface area contributed by atoms with E-state index >= 15 is 0 Å². The summed E-state index contributed by atoms with van der Waals surface area (Å²) in [6.07, 6.45) is -2.39. The largest absolute Gasteiger partial charge is 0.482 e. The Morgan fingerprint density at radius 1 is 1.62 bits per heavy atom. The summed E-state index contributed by atoms with van der Waals surface area (Å²) in [6.45, 7) is 0.967. The molecule has 0 aliphatic carbocycles. The van der Waals surface area contributed by atoms with Crippen molar-refractivity contribution in [2.45, 2.75) is 13.2 Å². The lowest BCUT2D eigenvalue weighted by molar-refractivity contribution is -0.384. The van der Waals surface area contributed by atoms with Gasteiger partial charge in [0.1, 0.15) is 5.75 Å². The fourth-order valence-electron chi connectivity index (χ4n) is 1.84. The predicted octanol–water partition coefficient (Wildman–Crippen LogP) is 1.18. The summed E-state index contributed by atoms with van der Waals surface area (Å²) >= 11 is 0. The molecular formula is C12H11FN2O6. The number of nitro groups is 1. The number of fused-ring (bicyclic) bond motifs is 1. The van der Waals surface area contributed by atoms with Crippen molar-refractivity contribution in [3.63, 3.8) is 0 Å². The third kappa shape index (κ3) is 2.76. The molecule has 1 aliphatic heterocycles. The van der Waals surface area contributed by atoms with Gasteiger partial charge in [0.25, 0.3) is 17.9 Å². The van der Waals surface area contributed by atoms with Gasteiger partial charge in [0, 0.05) is 12.1 Å². The highest BCUT2D eigenvalue weighted by Crippen LogP contribution is 2.36. The van der Waals surface area contributed by atoms with Crippen LogP contribution in [0.2, 0.25) is 0 Å². The van der Waals surface area contributed by atoms with Crippen molar-refractivity contribution in [2.75, 3.05) is 18.1 Å². The third-order valence-corrected chi connectivity index (χ3v) is 2.74. The van der Waals surface area contributed by atoms with Crippen LogP contribution in [-0.4, -0.2) is 36.3 Å². The molecule has 21 heavy (non-hydrogen) atoms. The number of benzene rings is 1. The van der Waals surface area contributed by atoms with Crippen LogP contribution in [0.1, 0.15) is 6.92 Å². The van der Waals surface area contributed by atoms with Gasteiger partial charge < -0.3 is 9.47 Å². The number of hydrogen-bond acceptors (Lipinski definition) is 6. The second-order valence-electron chi connectivity index (χ2n) is 4.05. The molecule has 1 heterocycles. The summed E-state index contributed by atoms with van der Waals surface area (Å²) in [7, 11) is 0. The highest BCUT2D eigenvalue weighted by atomic mass is 19.1. The van der Waals surface area contributed by atoms with Gasteiger partial charge in [0.15, 0.2) is 6.61 Å². The van der Waals surface area contributed by atoms with Gasteiger partial charge in [0.2, 0.25) is 0 Å². The lowest BCUT2D eigenvalue weighted by atomic mass is 10.2. The lowest BCUT2D eigenvalue weighted by Crippen LogP contribution is -2.47. The molecule has 112 valence electrons. The normalized spacial score (nSPS) is 15.0. The minimum Gasteiger partial charge on any atom is -0.482 e. The van der Waals surface area contributed by atoms with Gasteiger partial charge in [-0.1, -0.05) is 0 Å². The predicted molar refractivity (Wildman–Crippen MR) is 67.6 cm³/mol. The number of carbonyl (C=O) groups excluding carboxylic acids is 2. The van der Waals surface area contributed by atoms with Crippen molar-refractivity contribution in [1.82, 2.24) is 0 Å². The molecule has 1 atom stereocenters. The number of amides is 1. The van der Waals surface area contributed by atoms with Crippen LogP contribution >= 0.6 is 0 Å². The molecule has 0 saturated carbocycles. The van der Waals surface area contributed by atoms with Gasteiger partial charge in [-0.15, -0.1) is 0 Å². The van der Waals surface area contributed by atoms with E-state index in [0.29, 0.717) is 4.90 Å². The minimum atomic E-state index is -2.39. The first kappa shape index (κ1) is 14.7. The van der Waals surface area contributed by atoms with Crippen LogP contribution < -0.4 is 9.64 Å². The Morgan fingerprint density at radius 2 is 2.33 bits per heavy atom. The Morgan fingerprint density at radius 3 is 2.95 bits per heavy atom. The van der Waals surface area contributed by atoms with E-state index < -0.39 is 29.7 Å². The van der Waals surface area contributed by atoms with Crippen LogP contribution in [-0.2, 0) is 14.3 Å². The van der Waals surface area contributed by atoms with E-state index in [4.69, 9.17) is 4.74 Å². The second kappa shape index (κ2) is 5.73. The average Bonchev–Trinajstić information content (AvgIpc) is 2.46. The Labute approximate surface area is 118 Å². The SMILES string of the molecule is CCOC(=O)C(F)N1C(=O)COc2ccc([N+](=O)[O-])cc21. The van der Waals surface area contributed by atoms with Crippen molar-refractivity contribution < 1.29 is 28.4 Å². The molecule has 0 bridgehead atoms. The first-order valence-corrected chi connectivity index (χ1v) is 5.99. The summed E-state index contributed by atoms with van der Waals surface area (Å²) in [4.78, 5) is 33.8. The molecule has 1 aromatic carbocycles. The first-order valence-electron chi connectivity index (χ1n) is 5.99. The van der Waals surface area contributed by atoms with E-state index in [-0.39, 0.29) is 23.7 Å². The molecule has 1 aliphatic rings. The molecule has 2 rings (SSSR count). The van der Waals surface area contributed by atoms with E-state index in [9.17, 15) is 24.1 Å². The number of anilines is 1. The molecule has 1 unspecified atom stereocenters. The van der Waals surface area contributed by atoms with Gasteiger partial charge in [-0.3, -0.25) is 19.8 Å². The zero-order chi connectivity index (χ0) is 15.6. The summed E-state index contributed by atoms with van der Waals surface area (Å²) < 4.78 is 23.7. The molecule has 0 spiro atoms. The van der Waals surface area contributed by atoms with Crippen molar-refractivity contribution in [2.24, 2.45) is 0 Å². The molecule has 0 saturated heterocycles. The van der Waals surface area contributed by atoms with Gasteiger partial charge in [-0.2, -0.15) is 0 Å². The number of non-ortho nitro benzene ring substituents is 1. The average molecular weight is 298 g/mol. The van der Waals surface area contributed by atoms with E-state index in [0.717, 1.165) is 12.1 Å². The molecule has 1 aromatic rings. The van der Waals surface area contributed by atoms with Crippen LogP contribution in [0.5, 0.6) is 5.75 Å². The minimum absolute atomic E-state index is 0.0560. The van der Waals surface area contributed by atoms with Gasteiger partial charge in [0.05, 0.1) is 17.2 Å². The Hall–Kier alpha value is -2.71. The number of ether oxygens (including phenoxy) is 2. The van der Waals surface area contributed by atoms with E-state index in [2.05, 4.69) is 4.74 Å².